The van der Waals surface area contributed by atoms with E-state index in [1.54, 1.807) is 30.3 Å². The van der Waals surface area contributed by atoms with Crippen LogP contribution in [0.2, 0.25) is 0 Å². The Morgan fingerprint density at radius 2 is 1.31 bits per heavy atom. The smallest absolute Gasteiger partial charge is 0.322 e. The van der Waals surface area contributed by atoms with Gasteiger partial charge in [0.05, 0.1) is 31.5 Å². The molecule has 13 heteroatoms. The summed E-state index contributed by atoms with van der Waals surface area (Å²) in [4.78, 5) is 59.5. The standard InChI is InChI=1S/C19H24BrN3O9/c20-8-14(24)21-19(13-4-2-1-3-5-13)32-18(31)12-23(11-17(29)30)7-6-22(9-15(25)26)10-16(27)28/h1-5,19H,6-12H2,(H,21,24)(H,25,26)(H,27,28)(H,29,30). The SMILES string of the molecule is O=C(O)CN(CCN(CC(=O)O)CC(=O)OC(NC(=O)CBr)c1ccccc1)CC(=O)O. The van der Waals surface area contributed by atoms with Gasteiger partial charge in [-0.1, -0.05) is 46.3 Å². The van der Waals surface area contributed by atoms with E-state index in [1.807, 2.05) is 0 Å². The highest BCUT2D eigenvalue weighted by Gasteiger charge is 2.23. The van der Waals surface area contributed by atoms with Crippen LogP contribution in [0.1, 0.15) is 11.8 Å². The quantitative estimate of drug-likeness (QED) is 0.135. The summed E-state index contributed by atoms with van der Waals surface area (Å²) in [7, 11) is 0. The van der Waals surface area contributed by atoms with Gasteiger partial charge in [0, 0.05) is 18.7 Å². The van der Waals surface area contributed by atoms with Crippen molar-refractivity contribution in [3.63, 3.8) is 0 Å². The monoisotopic (exact) mass is 517 g/mol. The molecule has 0 radical (unpaired) electrons. The summed E-state index contributed by atoms with van der Waals surface area (Å²) in [6.07, 6.45) is -1.10. The maximum atomic E-state index is 12.5. The van der Waals surface area contributed by atoms with Crippen LogP contribution < -0.4 is 5.32 Å². The second kappa shape index (κ2) is 14.1. The van der Waals surface area contributed by atoms with Gasteiger partial charge in [0.2, 0.25) is 12.1 Å². The molecule has 1 amide bonds. The van der Waals surface area contributed by atoms with Crippen molar-refractivity contribution in [1.82, 2.24) is 15.1 Å². The summed E-state index contributed by atoms with van der Waals surface area (Å²) >= 11 is 3.00. The van der Waals surface area contributed by atoms with Crippen LogP contribution in [0.15, 0.2) is 30.3 Å². The van der Waals surface area contributed by atoms with Crippen molar-refractivity contribution in [2.24, 2.45) is 0 Å². The van der Waals surface area contributed by atoms with Gasteiger partial charge in [-0.05, 0) is 0 Å². The fraction of sp³-hybridized carbons (Fsp3) is 0.421. The van der Waals surface area contributed by atoms with E-state index in [1.165, 1.54) is 4.90 Å². The maximum absolute atomic E-state index is 12.5. The molecule has 176 valence electrons. The van der Waals surface area contributed by atoms with E-state index < -0.39 is 62.2 Å². The number of nitrogens with one attached hydrogen (secondary N) is 1. The molecule has 1 rings (SSSR count). The van der Waals surface area contributed by atoms with Crippen molar-refractivity contribution in [2.45, 2.75) is 6.23 Å². The number of aliphatic carboxylic acids is 3. The second-order valence-corrected chi connectivity index (χ2v) is 7.14. The molecule has 1 atom stereocenters. The largest absolute Gasteiger partial charge is 0.480 e. The first-order chi connectivity index (χ1) is 15.1. The number of rotatable bonds is 15. The summed E-state index contributed by atoms with van der Waals surface area (Å²) in [5.74, 6) is -5.01. The molecule has 0 aromatic heterocycles. The lowest BCUT2D eigenvalue weighted by atomic mass is 10.2. The number of hydrogen-bond donors (Lipinski definition) is 4. The molecule has 32 heavy (non-hydrogen) atoms. The average Bonchev–Trinajstić information content (AvgIpc) is 2.70. The molecule has 1 aromatic rings. The van der Waals surface area contributed by atoms with Crippen molar-refractivity contribution in [3.8, 4) is 0 Å². The predicted molar refractivity (Wildman–Crippen MR) is 113 cm³/mol. The molecule has 0 heterocycles. The first kappa shape index (κ1) is 27.0. The van der Waals surface area contributed by atoms with Crippen LogP contribution >= 0.6 is 15.9 Å². The molecule has 1 aromatic carbocycles. The highest BCUT2D eigenvalue weighted by atomic mass is 79.9. The highest BCUT2D eigenvalue weighted by molar-refractivity contribution is 9.09. The number of ether oxygens (including phenoxy) is 1. The average molecular weight is 518 g/mol. The number of carbonyl (C=O) groups is 5. The van der Waals surface area contributed by atoms with Crippen molar-refractivity contribution < 1.29 is 44.0 Å². The number of carboxylic acids is 3. The zero-order chi connectivity index (χ0) is 24.1. The zero-order valence-electron chi connectivity index (χ0n) is 17.0. The molecule has 0 aliphatic heterocycles. The molecule has 4 N–H and O–H groups in total. The number of carbonyl (C=O) groups excluding carboxylic acids is 2. The lowest BCUT2D eigenvalue weighted by molar-refractivity contribution is -0.155. The second-order valence-electron chi connectivity index (χ2n) is 6.58. The minimum atomic E-state index is -1.25. The molecule has 0 spiro atoms. The molecule has 12 nitrogen and oxygen atoms in total. The van der Waals surface area contributed by atoms with Crippen molar-refractivity contribution in [3.05, 3.63) is 35.9 Å². The normalized spacial score (nSPS) is 11.7. The van der Waals surface area contributed by atoms with Crippen LogP contribution in [-0.2, 0) is 28.7 Å². The van der Waals surface area contributed by atoms with Gasteiger partial charge in [0.15, 0.2) is 0 Å². The van der Waals surface area contributed by atoms with Crippen LogP contribution in [0.25, 0.3) is 0 Å². The molecular formula is C19H24BrN3O9. The minimum Gasteiger partial charge on any atom is -0.480 e. The molecule has 0 fully saturated rings. The zero-order valence-corrected chi connectivity index (χ0v) is 18.6. The van der Waals surface area contributed by atoms with E-state index in [4.69, 9.17) is 20.1 Å². The number of benzene rings is 1. The van der Waals surface area contributed by atoms with Gasteiger partial charge in [-0.25, -0.2) is 0 Å². The Morgan fingerprint density at radius 1 is 0.844 bits per heavy atom. The summed E-state index contributed by atoms with van der Waals surface area (Å²) < 4.78 is 5.33. The third-order valence-corrected chi connectivity index (χ3v) is 4.44. The Morgan fingerprint density at radius 3 is 1.75 bits per heavy atom. The maximum Gasteiger partial charge on any atom is 0.322 e. The first-order valence-electron chi connectivity index (χ1n) is 9.30. The Bertz CT molecular complexity index is 790. The summed E-state index contributed by atoms with van der Waals surface area (Å²) in [6, 6.07) is 8.39. The van der Waals surface area contributed by atoms with E-state index in [0.717, 1.165) is 4.90 Å². The Balaban J connectivity index is 2.83. The Hall–Kier alpha value is -3.03. The van der Waals surface area contributed by atoms with Crippen LogP contribution in [0.4, 0.5) is 0 Å². The number of esters is 1. The Labute approximate surface area is 191 Å². The van der Waals surface area contributed by atoms with Crippen LogP contribution in [-0.4, -0.2) is 99.5 Å². The fourth-order valence-corrected chi connectivity index (χ4v) is 2.79. The molecular weight excluding hydrogens is 494 g/mol. The number of hydrogen-bond acceptors (Lipinski definition) is 8. The van der Waals surface area contributed by atoms with Gasteiger partial charge in [-0.3, -0.25) is 33.8 Å². The minimum absolute atomic E-state index is 0.0258. The van der Waals surface area contributed by atoms with E-state index in [0.29, 0.717) is 5.56 Å². The molecule has 0 aliphatic carbocycles. The topological polar surface area (TPSA) is 174 Å². The number of nitrogens with zero attached hydrogens (tertiary/aromatic N) is 2. The summed E-state index contributed by atoms with van der Waals surface area (Å²) in [5.41, 5.74) is 0.494. The van der Waals surface area contributed by atoms with Crippen molar-refractivity contribution in [2.75, 3.05) is 44.6 Å². The van der Waals surface area contributed by atoms with Gasteiger partial charge in [0.25, 0.3) is 0 Å². The summed E-state index contributed by atoms with van der Waals surface area (Å²) in [5, 5.41) is 29.4. The van der Waals surface area contributed by atoms with Gasteiger partial charge in [-0.15, -0.1) is 0 Å². The van der Waals surface area contributed by atoms with Gasteiger partial charge in [-0.2, -0.15) is 0 Å². The first-order valence-corrected chi connectivity index (χ1v) is 10.4. The molecule has 0 bridgehead atoms. The number of amides is 1. The molecule has 0 saturated carbocycles. The fourth-order valence-electron chi connectivity index (χ4n) is 2.63. The lowest BCUT2D eigenvalue weighted by Gasteiger charge is -2.25. The van der Waals surface area contributed by atoms with Crippen LogP contribution in [0.3, 0.4) is 0 Å². The third-order valence-electron chi connectivity index (χ3n) is 3.93. The summed E-state index contributed by atoms with van der Waals surface area (Å²) in [6.45, 7) is -2.38. The number of carboxylic acid groups (broad SMARTS) is 3. The van der Waals surface area contributed by atoms with Gasteiger partial charge < -0.3 is 25.4 Å². The van der Waals surface area contributed by atoms with Gasteiger partial charge in [0.1, 0.15) is 0 Å². The van der Waals surface area contributed by atoms with E-state index in [9.17, 15) is 24.0 Å². The van der Waals surface area contributed by atoms with E-state index in [2.05, 4.69) is 21.2 Å². The van der Waals surface area contributed by atoms with E-state index in [-0.39, 0.29) is 18.4 Å². The van der Waals surface area contributed by atoms with Gasteiger partial charge >= 0.3 is 23.9 Å². The van der Waals surface area contributed by atoms with Crippen molar-refractivity contribution in [1.29, 1.82) is 0 Å². The van der Waals surface area contributed by atoms with Crippen LogP contribution in [0, 0.1) is 0 Å². The molecule has 0 saturated heterocycles. The predicted octanol–water partition coefficient (Wildman–Crippen LogP) is -0.403. The highest BCUT2D eigenvalue weighted by Crippen LogP contribution is 2.15. The lowest BCUT2D eigenvalue weighted by Crippen LogP contribution is -2.44. The molecule has 1 unspecified atom stereocenters. The Kier molecular flexibility index (Phi) is 11.9. The molecule has 0 aliphatic rings. The number of halogens is 1. The van der Waals surface area contributed by atoms with Crippen molar-refractivity contribution >= 4 is 45.7 Å². The van der Waals surface area contributed by atoms with E-state index >= 15 is 0 Å². The van der Waals surface area contributed by atoms with Crippen LogP contribution in [0.5, 0.6) is 0 Å². The third kappa shape index (κ3) is 11.4. The number of alkyl halides is 1.